The molecule has 0 spiro atoms. The number of aromatic amines is 1. The molecular formula is C25H30F2N8O. The van der Waals surface area contributed by atoms with Gasteiger partial charge < -0.3 is 19.6 Å². The molecule has 0 radical (unpaired) electrons. The van der Waals surface area contributed by atoms with Gasteiger partial charge in [-0.3, -0.25) is 4.90 Å². The molecule has 0 amide bonds. The van der Waals surface area contributed by atoms with E-state index >= 15 is 0 Å². The summed E-state index contributed by atoms with van der Waals surface area (Å²) in [5, 5.41) is 4.52. The lowest BCUT2D eigenvalue weighted by Crippen LogP contribution is -2.46. The Labute approximate surface area is 207 Å². The molecule has 6 rings (SSSR count). The largest absolute Gasteiger partial charge is 0.379 e. The van der Waals surface area contributed by atoms with Crippen molar-refractivity contribution >= 4 is 28.0 Å². The highest BCUT2D eigenvalue weighted by atomic mass is 19.3. The number of halogens is 2. The lowest BCUT2D eigenvalue weighted by Gasteiger charge is -2.39. The van der Waals surface area contributed by atoms with Gasteiger partial charge in [0.05, 0.1) is 30.8 Å². The molecular weight excluding hydrogens is 466 g/mol. The minimum Gasteiger partial charge on any atom is -0.379 e. The first-order valence-electron chi connectivity index (χ1n) is 12.6. The van der Waals surface area contributed by atoms with E-state index in [-0.39, 0.29) is 0 Å². The van der Waals surface area contributed by atoms with Crippen LogP contribution in [0.2, 0.25) is 0 Å². The summed E-state index contributed by atoms with van der Waals surface area (Å²) >= 11 is 0. The first-order valence-corrected chi connectivity index (χ1v) is 12.6. The van der Waals surface area contributed by atoms with Gasteiger partial charge in [0.1, 0.15) is 29.1 Å². The van der Waals surface area contributed by atoms with Crippen molar-refractivity contribution in [2.45, 2.75) is 57.7 Å². The van der Waals surface area contributed by atoms with Crippen molar-refractivity contribution in [3.05, 3.63) is 30.5 Å². The fourth-order valence-corrected chi connectivity index (χ4v) is 5.62. The Bertz CT molecular complexity index is 1360. The van der Waals surface area contributed by atoms with Gasteiger partial charge in [-0.2, -0.15) is 0 Å². The SMILES string of the molecule is Cc1nc2ccc(-c3c[nH]c4ncnc(NC5CCC(N6CCOCC6)CC5)c34)nc2n1CC(F)F. The number of aryl methyl sites for hydroxylation is 1. The predicted molar refractivity (Wildman–Crippen MR) is 133 cm³/mol. The number of morpholine rings is 1. The highest BCUT2D eigenvalue weighted by molar-refractivity contribution is 6.00. The van der Waals surface area contributed by atoms with Crippen molar-refractivity contribution in [3.8, 4) is 11.3 Å². The first-order chi connectivity index (χ1) is 17.6. The molecule has 4 aromatic heterocycles. The Morgan fingerprint density at radius 2 is 1.92 bits per heavy atom. The third-order valence-electron chi connectivity index (χ3n) is 7.45. The molecule has 11 heteroatoms. The van der Waals surface area contributed by atoms with E-state index in [2.05, 4.69) is 30.2 Å². The molecule has 4 aromatic rings. The van der Waals surface area contributed by atoms with Crippen molar-refractivity contribution in [1.29, 1.82) is 0 Å². The van der Waals surface area contributed by atoms with Gasteiger partial charge in [0, 0.05) is 36.9 Å². The second-order valence-electron chi connectivity index (χ2n) is 9.65. The van der Waals surface area contributed by atoms with Crippen molar-refractivity contribution in [2.24, 2.45) is 0 Å². The van der Waals surface area contributed by atoms with Crippen LogP contribution in [-0.4, -0.2) is 79.2 Å². The number of ether oxygens (including phenoxy) is 1. The van der Waals surface area contributed by atoms with E-state index in [0.29, 0.717) is 40.4 Å². The standard InChI is InChI=1S/C25H30F2N8O/c1-15-31-20-7-6-19(33-25(20)35(15)13-21(26)27)18-12-28-23-22(18)24(30-14-29-23)32-16-2-4-17(5-3-16)34-8-10-36-11-9-34/h6-7,12,14,16-17,21H,2-5,8-11,13H2,1H3,(H2,28,29,30,32). The molecule has 1 saturated carbocycles. The second kappa shape index (κ2) is 9.70. The van der Waals surface area contributed by atoms with E-state index in [1.54, 1.807) is 13.3 Å². The maximum absolute atomic E-state index is 13.2. The highest BCUT2D eigenvalue weighted by Gasteiger charge is 2.28. The monoisotopic (exact) mass is 496 g/mol. The summed E-state index contributed by atoms with van der Waals surface area (Å²) in [5.41, 5.74) is 3.26. The maximum atomic E-state index is 13.2. The van der Waals surface area contributed by atoms with E-state index in [9.17, 15) is 8.78 Å². The summed E-state index contributed by atoms with van der Waals surface area (Å²) < 4.78 is 33.3. The molecule has 1 aliphatic heterocycles. The molecule has 0 bridgehead atoms. The summed E-state index contributed by atoms with van der Waals surface area (Å²) in [6.07, 6.45) is 5.38. The number of anilines is 1. The van der Waals surface area contributed by atoms with Crippen LogP contribution in [-0.2, 0) is 11.3 Å². The quantitative estimate of drug-likeness (QED) is 0.417. The zero-order chi connectivity index (χ0) is 24.6. The van der Waals surface area contributed by atoms with Gasteiger partial charge >= 0.3 is 0 Å². The molecule has 1 saturated heterocycles. The highest BCUT2D eigenvalue weighted by Crippen LogP contribution is 2.34. The number of alkyl halides is 2. The molecule has 0 atom stereocenters. The number of nitrogens with one attached hydrogen (secondary N) is 2. The van der Waals surface area contributed by atoms with Crippen LogP contribution in [0.5, 0.6) is 0 Å². The molecule has 9 nitrogen and oxygen atoms in total. The van der Waals surface area contributed by atoms with E-state index in [4.69, 9.17) is 9.72 Å². The van der Waals surface area contributed by atoms with Crippen LogP contribution in [0.25, 0.3) is 33.5 Å². The third-order valence-corrected chi connectivity index (χ3v) is 7.45. The van der Waals surface area contributed by atoms with E-state index < -0.39 is 13.0 Å². The number of imidazole rings is 1. The lowest BCUT2D eigenvalue weighted by molar-refractivity contribution is 0.00791. The van der Waals surface area contributed by atoms with Gasteiger partial charge in [0.25, 0.3) is 6.43 Å². The summed E-state index contributed by atoms with van der Waals surface area (Å²) in [7, 11) is 0. The fraction of sp³-hybridized carbons (Fsp3) is 0.520. The molecule has 2 N–H and O–H groups in total. The predicted octanol–water partition coefficient (Wildman–Crippen LogP) is 4.00. The van der Waals surface area contributed by atoms with Gasteiger partial charge in [-0.1, -0.05) is 0 Å². The number of fused-ring (bicyclic) bond motifs is 2. The molecule has 0 aromatic carbocycles. The van der Waals surface area contributed by atoms with Gasteiger partial charge in [-0.05, 0) is 44.7 Å². The molecule has 0 unspecified atom stereocenters. The Hall–Kier alpha value is -3.18. The lowest BCUT2D eigenvalue weighted by atomic mass is 9.90. The van der Waals surface area contributed by atoms with Gasteiger partial charge in [-0.15, -0.1) is 0 Å². The first kappa shape index (κ1) is 23.2. The Balaban J connectivity index is 1.27. The van der Waals surface area contributed by atoms with Crippen molar-refractivity contribution in [2.75, 3.05) is 31.6 Å². The Morgan fingerprint density at radius 1 is 1.11 bits per heavy atom. The van der Waals surface area contributed by atoms with Crippen LogP contribution < -0.4 is 5.32 Å². The zero-order valence-electron chi connectivity index (χ0n) is 20.3. The van der Waals surface area contributed by atoms with Crippen LogP contribution in [0, 0.1) is 6.92 Å². The average Bonchev–Trinajstić information content (AvgIpc) is 3.46. The van der Waals surface area contributed by atoms with Gasteiger partial charge in [0.2, 0.25) is 0 Å². The Morgan fingerprint density at radius 3 is 2.69 bits per heavy atom. The zero-order valence-corrected chi connectivity index (χ0v) is 20.3. The number of hydrogen-bond acceptors (Lipinski definition) is 7. The summed E-state index contributed by atoms with van der Waals surface area (Å²) in [4.78, 5) is 23.9. The van der Waals surface area contributed by atoms with Crippen molar-refractivity contribution in [1.82, 2.24) is 34.4 Å². The normalized spacial score (nSPS) is 21.6. The third kappa shape index (κ3) is 4.41. The van der Waals surface area contributed by atoms with Crippen LogP contribution in [0.15, 0.2) is 24.7 Å². The van der Waals surface area contributed by atoms with Crippen molar-refractivity contribution in [3.63, 3.8) is 0 Å². The minimum atomic E-state index is -2.48. The van der Waals surface area contributed by atoms with Crippen LogP contribution in [0.4, 0.5) is 14.6 Å². The molecule has 5 heterocycles. The second-order valence-corrected chi connectivity index (χ2v) is 9.65. The summed E-state index contributed by atoms with van der Waals surface area (Å²) in [6, 6.07) is 4.65. The fourth-order valence-electron chi connectivity index (χ4n) is 5.62. The number of nitrogens with zero attached hydrogens (tertiary/aromatic N) is 6. The van der Waals surface area contributed by atoms with Crippen molar-refractivity contribution < 1.29 is 13.5 Å². The van der Waals surface area contributed by atoms with Gasteiger partial charge in [0.15, 0.2) is 5.65 Å². The van der Waals surface area contributed by atoms with E-state index in [1.165, 1.54) is 4.57 Å². The maximum Gasteiger partial charge on any atom is 0.256 e. The van der Waals surface area contributed by atoms with E-state index in [0.717, 1.165) is 68.8 Å². The number of hydrogen-bond donors (Lipinski definition) is 2. The van der Waals surface area contributed by atoms with Crippen LogP contribution >= 0.6 is 0 Å². The molecule has 2 aliphatic rings. The number of aromatic nitrogens is 6. The summed E-state index contributed by atoms with van der Waals surface area (Å²) in [6.45, 7) is 4.99. The molecule has 190 valence electrons. The minimum absolute atomic E-state index is 0.328. The molecule has 2 fully saturated rings. The number of rotatable bonds is 6. The summed E-state index contributed by atoms with van der Waals surface area (Å²) in [5.74, 6) is 1.29. The number of pyridine rings is 1. The average molecular weight is 497 g/mol. The topological polar surface area (TPSA) is 96.8 Å². The molecule has 1 aliphatic carbocycles. The van der Waals surface area contributed by atoms with Gasteiger partial charge in [-0.25, -0.2) is 28.7 Å². The smallest absolute Gasteiger partial charge is 0.256 e. The van der Waals surface area contributed by atoms with Crippen LogP contribution in [0.3, 0.4) is 0 Å². The van der Waals surface area contributed by atoms with Crippen LogP contribution in [0.1, 0.15) is 31.5 Å². The number of H-pyrrole nitrogens is 1. The molecule has 36 heavy (non-hydrogen) atoms. The van der Waals surface area contributed by atoms with E-state index in [1.807, 2.05) is 18.3 Å². The Kier molecular flexibility index (Phi) is 6.26.